The average Bonchev–Trinajstić information content (AvgIpc) is 2.76. The molecule has 0 amide bonds. The number of nitrogens with zero attached hydrogens (tertiary/aromatic N) is 1. The molecule has 0 aliphatic heterocycles. The fourth-order valence-electron chi connectivity index (χ4n) is 1.57. The van der Waals surface area contributed by atoms with Crippen molar-refractivity contribution in [3.05, 3.63) is 24.2 Å². The minimum Gasteiger partial charge on any atom is -0.469 e. The van der Waals surface area contributed by atoms with Gasteiger partial charge in [-0.15, -0.1) is 0 Å². The predicted octanol–water partition coefficient (Wildman–Crippen LogP) is 1.75. The van der Waals surface area contributed by atoms with Crippen LogP contribution in [0.2, 0.25) is 0 Å². The molecule has 15 heavy (non-hydrogen) atoms. The second-order valence-electron chi connectivity index (χ2n) is 3.61. The zero-order valence-corrected chi connectivity index (χ0v) is 9.83. The van der Waals surface area contributed by atoms with Crippen molar-refractivity contribution in [1.29, 1.82) is 0 Å². The van der Waals surface area contributed by atoms with Gasteiger partial charge in [0.1, 0.15) is 5.76 Å². The van der Waals surface area contributed by atoms with Crippen LogP contribution in [0, 0.1) is 0 Å². The Balaban J connectivity index is 1.97. The maximum Gasteiger partial charge on any atom is 0.105 e. The molecule has 86 valence electrons. The van der Waals surface area contributed by atoms with E-state index in [1.807, 2.05) is 12.1 Å². The molecule has 0 saturated heterocycles. The van der Waals surface area contributed by atoms with Gasteiger partial charge in [-0.3, -0.25) is 0 Å². The molecule has 0 spiro atoms. The van der Waals surface area contributed by atoms with Crippen LogP contribution in [0.25, 0.3) is 0 Å². The Labute approximate surface area is 92.5 Å². The number of rotatable bonds is 8. The molecule has 1 heterocycles. The predicted molar refractivity (Wildman–Crippen MR) is 63.1 cm³/mol. The van der Waals surface area contributed by atoms with Gasteiger partial charge in [0.05, 0.1) is 6.26 Å². The maximum absolute atomic E-state index is 5.25. The normalized spacial score (nSPS) is 11.1. The van der Waals surface area contributed by atoms with Crippen molar-refractivity contribution in [2.24, 2.45) is 0 Å². The first kappa shape index (κ1) is 12.3. The average molecular weight is 210 g/mol. The van der Waals surface area contributed by atoms with E-state index in [0.717, 1.165) is 44.9 Å². The highest BCUT2D eigenvalue weighted by molar-refractivity contribution is 4.98. The van der Waals surface area contributed by atoms with E-state index in [-0.39, 0.29) is 0 Å². The second-order valence-corrected chi connectivity index (χ2v) is 3.61. The summed E-state index contributed by atoms with van der Waals surface area (Å²) in [6.07, 6.45) is 2.70. The second kappa shape index (κ2) is 7.49. The van der Waals surface area contributed by atoms with Gasteiger partial charge in [0, 0.05) is 26.1 Å². The summed E-state index contributed by atoms with van der Waals surface area (Å²) in [5.41, 5.74) is 0. The summed E-state index contributed by atoms with van der Waals surface area (Å²) < 4.78 is 5.25. The van der Waals surface area contributed by atoms with Crippen molar-refractivity contribution >= 4 is 0 Å². The molecule has 0 aliphatic carbocycles. The van der Waals surface area contributed by atoms with Gasteiger partial charge in [-0.2, -0.15) is 0 Å². The van der Waals surface area contributed by atoms with Crippen molar-refractivity contribution in [3.8, 4) is 0 Å². The van der Waals surface area contributed by atoms with Gasteiger partial charge >= 0.3 is 0 Å². The molecule has 0 atom stereocenters. The Morgan fingerprint density at radius 3 is 2.67 bits per heavy atom. The molecule has 0 fully saturated rings. The van der Waals surface area contributed by atoms with Crippen LogP contribution in [-0.4, -0.2) is 37.6 Å². The van der Waals surface area contributed by atoms with Crippen molar-refractivity contribution in [2.45, 2.75) is 20.3 Å². The number of likely N-dealkylation sites (N-methyl/N-ethyl adjacent to an activating group) is 1. The van der Waals surface area contributed by atoms with Gasteiger partial charge in [0.15, 0.2) is 0 Å². The molecule has 0 aliphatic rings. The Morgan fingerprint density at radius 1 is 1.27 bits per heavy atom. The van der Waals surface area contributed by atoms with Gasteiger partial charge in [-0.05, 0) is 25.2 Å². The third-order valence-corrected chi connectivity index (χ3v) is 2.63. The Bertz CT molecular complexity index is 230. The molecule has 0 radical (unpaired) electrons. The fourth-order valence-corrected chi connectivity index (χ4v) is 1.57. The SMILES string of the molecule is CCN(CC)CCNCCc1ccco1. The quantitative estimate of drug-likeness (QED) is 0.663. The van der Waals surface area contributed by atoms with Gasteiger partial charge in [-0.25, -0.2) is 0 Å². The summed E-state index contributed by atoms with van der Waals surface area (Å²) in [5, 5.41) is 3.42. The van der Waals surface area contributed by atoms with Gasteiger partial charge in [-0.1, -0.05) is 13.8 Å². The van der Waals surface area contributed by atoms with E-state index < -0.39 is 0 Å². The van der Waals surface area contributed by atoms with Crippen molar-refractivity contribution < 1.29 is 4.42 Å². The lowest BCUT2D eigenvalue weighted by atomic mass is 10.3. The number of furan rings is 1. The first-order chi connectivity index (χ1) is 7.36. The molecular weight excluding hydrogens is 188 g/mol. The third kappa shape index (κ3) is 5.00. The molecular formula is C12H22N2O. The van der Waals surface area contributed by atoms with Gasteiger partial charge in [0.25, 0.3) is 0 Å². The molecule has 1 aromatic heterocycles. The lowest BCUT2D eigenvalue weighted by Gasteiger charge is -2.17. The molecule has 3 heteroatoms. The zero-order chi connectivity index (χ0) is 10.9. The number of hydrogen-bond acceptors (Lipinski definition) is 3. The third-order valence-electron chi connectivity index (χ3n) is 2.63. The highest BCUT2D eigenvalue weighted by atomic mass is 16.3. The van der Waals surface area contributed by atoms with Crippen LogP contribution in [0.4, 0.5) is 0 Å². The lowest BCUT2D eigenvalue weighted by Crippen LogP contribution is -2.32. The number of hydrogen-bond donors (Lipinski definition) is 1. The molecule has 1 rings (SSSR count). The molecule has 1 aromatic rings. The van der Waals surface area contributed by atoms with E-state index in [0.29, 0.717) is 0 Å². The van der Waals surface area contributed by atoms with Crippen LogP contribution < -0.4 is 5.32 Å². The van der Waals surface area contributed by atoms with Crippen LogP contribution >= 0.6 is 0 Å². The number of nitrogens with one attached hydrogen (secondary N) is 1. The van der Waals surface area contributed by atoms with Gasteiger partial charge < -0.3 is 14.6 Å². The molecule has 0 unspecified atom stereocenters. The first-order valence-corrected chi connectivity index (χ1v) is 5.82. The van der Waals surface area contributed by atoms with Crippen LogP contribution in [0.1, 0.15) is 19.6 Å². The summed E-state index contributed by atoms with van der Waals surface area (Å²) in [6, 6.07) is 3.96. The summed E-state index contributed by atoms with van der Waals surface area (Å²) in [5.74, 6) is 1.06. The summed E-state index contributed by atoms with van der Waals surface area (Å²) >= 11 is 0. The van der Waals surface area contributed by atoms with Crippen molar-refractivity contribution in [3.63, 3.8) is 0 Å². The van der Waals surface area contributed by atoms with Crippen LogP contribution in [0.5, 0.6) is 0 Å². The monoisotopic (exact) mass is 210 g/mol. The Kier molecular flexibility index (Phi) is 6.12. The van der Waals surface area contributed by atoms with E-state index in [1.54, 1.807) is 6.26 Å². The Morgan fingerprint density at radius 2 is 2.07 bits per heavy atom. The highest BCUT2D eigenvalue weighted by Gasteiger charge is 1.98. The van der Waals surface area contributed by atoms with Crippen LogP contribution in [0.3, 0.4) is 0 Å². The van der Waals surface area contributed by atoms with E-state index >= 15 is 0 Å². The summed E-state index contributed by atoms with van der Waals surface area (Å²) in [4.78, 5) is 2.42. The molecule has 1 N–H and O–H groups in total. The van der Waals surface area contributed by atoms with E-state index in [4.69, 9.17) is 4.42 Å². The van der Waals surface area contributed by atoms with Crippen molar-refractivity contribution in [1.82, 2.24) is 10.2 Å². The van der Waals surface area contributed by atoms with E-state index in [9.17, 15) is 0 Å². The highest BCUT2D eigenvalue weighted by Crippen LogP contribution is 1.99. The maximum atomic E-state index is 5.25. The molecule has 0 bridgehead atoms. The molecule has 3 nitrogen and oxygen atoms in total. The lowest BCUT2D eigenvalue weighted by molar-refractivity contribution is 0.302. The van der Waals surface area contributed by atoms with E-state index in [1.165, 1.54) is 0 Å². The fraction of sp³-hybridized carbons (Fsp3) is 0.667. The summed E-state index contributed by atoms with van der Waals surface area (Å²) in [7, 11) is 0. The zero-order valence-electron chi connectivity index (χ0n) is 9.83. The van der Waals surface area contributed by atoms with Crippen LogP contribution in [-0.2, 0) is 6.42 Å². The minimum atomic E-state index is 0.977. The topological polar surface area (TPSA) is 28.4 Å². The minimum absolute atomic E-state index is 0.977. The summed E-state index contributed by atoms with van der Waals surface area (Å²) in [6.45, 7) is 9.85. The first-order valence-electron chi connectivity index (χ1n) is 5.82. The van der Waals surface area contributed by atoms with Gasteiger partial charge in [0.2, 0.25) is 0 Å². The Hall–Kier alpha value is -0.800. The largest absolute Gasteiger partial charge is 0.469 e. The van der Waals surface area contributed by atoms with E-state index in [2.05, 4.69) is 24.1 Å². The van der Waals surface area contributed by atoms with Crippen molar-refractivity contribution in [2.75, 3.05) is 32.7 Å². The smallest absolute Gasteiger partial charge is 0.105 e. The molecule has 0 saturated carbocycles. The standard InChI is InChI=1S/C12H22N2O/c1-3-14(4-2)10-9-13-8-7-12-6-5-11-15-12/h5-6,11,13H,3-4,7-10H2,1-2H3. The molecule has 0 aromatic carbocycles. The van der Waals surface area contributed by atoms with Crippen LogP contribution in [0.15, 0.2) is 22.8 Å².